The highest BCUT2D eigenvalue weighted by molar-refractivity contribution is 7.14. The summed E-state index contributed by atoms with van der Waals surface area (Å²) in [6.07, 6.45) is 1.01. The van der Waals surface area contributed by atoms with Crippen LogP contribution in [0.3, 0.4) is 0 Å². The molecule has 0 radical (unpaired) electrons. The van der Waals surface area contributed by atoms with Crippen LogP contribution in [-0.4, -0.2) is 13.1 Å². The molecular weight excluding hydrogens is 210 g/mol. The minimum Gasteiger partial charge on any atom is -0.465 e. The van der Waals surface area contributed by atoms with E-state index in [2.05, 4.69) is 25.5 Å². The summed E-state index contributed by atoms with van der Waals surface area (Å²) < 4.78 is 4.67. The van der Waals surface area contributed by atoms with E-state index < -0.39 is 0 Å². The zero-order chi connectivity index (χ0) is 11.6. The molecule has 1 heterocycles. The molecule has 1 aromatic heterocycles. The van der Waals surface area contributed by atoms with Gasteiger partial charge in [-0.1, -0.05) is 20.8 Å². The maximum atomic E-state index is 11.4. The number of ether oxygens (including phenoxy) is 1. The first kappa shape index (κ1) is 12.0. The molecule has 15 heavy (non-hydrogen) atoms. The molecule has 0 amide bonds. The van der Waals surface area contributed by atoms with Gasteiger partial charge >= 0.3 is 5.97 Å². The molecule has 0 unspecified atom stereocenters. The van der Waals surface area contributed by atoms with E-state index in [1.165, 1.54) is 18.4 Å². The highest BCUT2D eigenvalue weighted by Crippen LogP contribution is 2.36. The van der Waals surface area contributed by atoms with Crippen LogP contribution in [0.5, 0.6) is 0 Å². The zero-order valence-electron chi connectivity index (χ0n) is 9.59. The van der Waals surface area contributed by atoms with Gasteiger partial charge in [-0.2, -0.15) is 0 Å². The predicted molar refractivity (Wildman–Crippen MR) is 63.4 cm³/mol. The second-order valence-corrected chi connectivity index (χ2v) is 5.18. The number of nitrogens with two attached hydrogens (primary N) is 1. The second-order valence-electron chi connectivity index (χ2n) is 4.12. The summed E-state index contributed by atoms with van der Waals surface area (Å²) in [7, 11) is 1.37. The van der Waals surface area contributed by atoms with Gasteiger partial charge in [-0.3, -0.25) is 0 Å². The van der Waals surface area contributed by atoms with Crippen molar-refractivity contribution in [2.24, 2.45) is 0 Å². The number of thiophene rings is 1. The van der Waals surface area contributed by atoms with Crippen LogP contribution in [0.2, 0.25) is 0 Å². The van der Waals surface area contributed by atoms with Gasteiger partial charge in [0, 0.05) is 4.88 Å². The van der Waals surface area contributed by atoms with Gasteiger partial charge in [0.05, 0.1) is 12.8 Å². The Morgan fingerprint density at radius 3 is 2.67 bits per heavy atom. The number of methoxy groups -OCH3 is 1. The van der Waals surface area contributed by atoms with Crippen LogP contribution in [0, 0.1) is 0 Å². The van der Waals surface area contributed by atoms with Crippen LogP contribution in [0.15, 0.2) is 6.07 Å². The van der Waals surface area contributed by atoms with Crippen LogP contribution in [0.4, 0.5) is 5.69 Å². The lowest BCUT2D eigenvalue weighted by Crippen LogP contribution is -2.13. The normalized spacial score (nSPS) is 11.5. The smallest absolute Gasteiger partial charge is 0.350 e. The van der Waals surface area contributed by atoms with Crippen LogP contribution in [-0.2, 0) is 10.2 Å². The predicted octanol–water partition coefficient (Wildman–Crippen LogP) is 2.80. The van der Waals surface area contributed by atoms with Crippen molar-refractivity contribution in [2.75, 3.05) is 12.8 Å². The van der Waals surface area contributed by atoms with Gasteiger partial charge in [0.25, 0.3) is 0 Å². The lowest BCUT2D eigenvalue weighted by Gasteiger charge is -2.20. The van der Waals surface area contributed by atoms with Crippen molar-refractivity contribution in [3.05, 3.63) is 15.8 Å². The van der Waals surface area contributed by atoms with Gasteiger partial charge in [0.1, 0.15) is 4.88 Å². The molecule has 1 aromatic rings. The van der Waals surface area contributed by atoms with Gasteiger partial charge < -0.3 is 10.5 Å². The van der Waals surface area contributed by atoms with E-state index in [4.69, 9.17) is 5.73 Å². The summed E-state index contributed by atoms with van der Waals surface area (Å²) in [6.45, 7) is 6.40. The summed E-state index contributed by atoms with van der Waals surface area (Å²) in [5.41, 5.74) is 6.36. The Morgan fingerprint density at radius 1 is 1.60 bits per heavy atom. The number of carbonyl (C=O) groups excluding carboxylic acids is 1. The van der Waals surface area contributed by atoms with Crippen molar-refractivity contribution in [1.29, 1.82) is 0 Å². The number of hydrogen-bond acceptors (Lipinski definition) is 4. The van der Waals surface area contributed by atoms with Gasteiger partial charge in [0.15, 0.2) is 0 Å². The van der Waals surface area contributed by atoms with E-state index in [9.17, 15) is 4.79 Å². The highest BCUT2D eigenvalue weighted by Gasteiger charge is 2.24. The third-order valence-electron chi connectivity index (χ3n) is 2.68. The Hall–Kier alpha value is -1.03. The number of anilines is 1. The van der Waals surface area contributed by atoms with Crippen molar-refractivity contribution in [1.82, 2.24) is 0 Å². The Balaban J connectivity index is 3.11. The van der Waals surface area contributed by atoms with Crippen LogP contribution >= 0.6 is 11.3 Å². The Labute approximate surface area is 94.2 Å². The van der Waals surface area contributed by atoms with E-state index >= 15 is 0 Å². The fraction of sp³-hybridized carbons (Fsp3) is 0.545. The van der Waals surface area contributed by atoms with Gasteiger partial charge in [0.2, 0.25) is 0 Å². The molecule has 4 heteroatoms. The van der Waals surface area contributed by atoms with Crippen molar-refractivity contribution in [3.8, 4) is 0 Å². The molecule has 0 saturated heterocycles. The first-order valence-corrected chi connectivity index (χ1v) is 5.72. The maximum absolute atomic E-state index is 11.4. The molecule has 0 aliphatic rings. The third kappa shape index (κ3) is 2.31. The molecule has 0 aliphatic carbocycles. The summed E-state index contributed by atoms with van der Waals surface area (Å²) in [5, 5.41) is 0. The van der Waals surface area contributed by atoms with E-state index in [1.807, 2.05) is 6.07 Å². The standard InChI is InChI=1S/C11H17NO2S/c1-5-11(2,3)8-6-7(12)9(15-8)10(13)14-4/h6H,5,12H2,1-4H3. The lowest BCUT2D eigenvalue weighted by molar-refractivity contribution is 0.0607. The van der Waals surface area contributed by atoms with Gasteiger partial charge in [-0.05, 0) is 17.9 Å². The molecule has 1 rings (SSSR count). The van der Waals surface area contributed by atoms with Crippen molar-refractivity contribution in [2.45, 2.75) is 32.6 Å². The monoisotopic (exact) mass is 227 g/mol. The van der Waals surface area contributed by atoms with E-state index in [1.54, 1.807) is 0 Å². The molecule has 84 valence electrons. The number of carbonyl (C=O) groups is 1. The summed E-state index contributed by atoms with van der Waals surface area (Å²) >= 11 is 1.42. The van der Waals surface area contributed by atoms with Gasteiger partial charge in [-0.15, -0.1) is 11.3 Å². The minimum atomic E-state index is -0.351. The topological polar surface area (TPSA) is 52.3 Å². The number of rotatable bonds is 3. The molecule has 0 spiro atoms. The molecule has 0 aliphatic heterocycles. The molecule has 0 saturated carbocycles. The molecule has 3 nitrogen and oxygen atoms in total. The SMILES string of the molecule is CCC(C)(C)c1cc(N)c(C(=O)OC)s1. The maximum Gasteiger partial charge on any atom is 0.350 e. The lowest BCUT2D eigenvalue weighted by atomic mass is 9.88. The van der Waals surface area contributed by atoms with Crippen LogP contribution in [0.25, 0.3) is 0 Å². The molecule has 0 fully saturated rings. The summed E-state index contributed by atoms with van der Waals surface area (Å²) in [4.78, 5) is 13.0. The van der Waals surface area contributed by atoms with Crippen molar-refractivity contribution in [3.63, 3.8) is 0 Å². The average Bonchev–Trinajstić information content (AvgIpc) is 2.60. The fourth-order valence-electron chi connectivity index (χ4n) is 1.17. The highest BCUT2D eigenvalue weighted by atomic mass is 32.1. The summed E-state index contributed by atoms with van der Waals surface area (Å²) in [5.74, 6) is -0.351. The first-order valence-electron chi connectivity index (χ1n) is 4.90. The summed E-state index contributed by atoms with van der Waals surface area (Å²) in [6, 6.07) is 1.88. The van der Waals surface area contributed by atoms with Gasteiger partial charge in [-0.25, -0.2) is 4.79 Å². The second kappa shape index (κ2) is 4.23. The van der Waals surface area contributed by atoms with E-state index in [-0.39, 0.29) is 11.4 Å². The minimum absolute atomic E-state index is 0.0606. The first-order chi connectivity index (χ1) is 6.92. The number of hydrogen-bond donors (Lipinski definition) is 1. The fourth-order valence-corrected chi connectivity index (χ4v) is 2.33. The van der Waals surface area contributed by atoms with E-state index in [0.29, 0.717) is 10.6 Å². The Kier molecular flexibility index (Phi) is 3.39. The van der Waals surface area contributed by atoms with Crippen LogP contribution < -0.4 is 5.73 Å². The van der Waals surface area contributed by atoms with Crippen molar-refractivity contribution < 1.29 is 9.53 Å². The number of esters is 1. The van der Waals surface area contributed by atoms with Crippen LogP contribution in [0.1, 0.15) is 41.7 Å². The molecule has 0 aromatic carbocycles. The largest absolute Gasteiger partial charge is 0.465 e. The Bertz CT molecular complexity index is 369. The Morgan fingerprint density at radius 2 is 2.20 bits per heavy atom. The number of nitrogen functional groups attached to an aromatic ring is 1. The zero-order valence-corrected chi connectivity index (χ0v) is 10.4. The van der Waals surface area contributed by atoms with E-state index in [0.717, 1.165) is 11.3 Å². The molecule has 0 atom stereocenters. The van der Waals surface area contributed by atoms with Crippen molar-refractivity contribution >= 4 is 23.0 Å². The average molecular weight is 227 g/mol. The quantitative estimate of drug-likeness (QED) is 0.808. The molecular formula is C11H17NO2S. The molecule has 2 N–H and O–H groups in total. The third-order valence-corrected chi connectivity index (χ3v) is 4.18. The molecule has 0 bridgehead atoms.